The second kappa shape index (κ2) is 6.73. The van der Waals surface area contributed by atoms with Crippen LogP contribution in [0.3, 0.4) is 0 Å². The summed E-state index contributed by atoms with van der Waals surface area (Å²) < 4.78 is 0. The second-order valence-corrected chi connectivity index (χ2v) is 7.09. The molecule has 4 rings (SSSR count). The van der Waals surface area contributed by atoms with Gasteiger partial charge < -0.3 is 16.4 Å². The topological polar surface area (TPSA) is 84.2 Å². The van der Waals surface area contributed by atoms with E-state index in [1.807, 2.05) is 6.07 Å². The molecule has 0 spiro atoms. The summed E-state index contributed by atoms with van der Waals surface area (Å²) in [5.41, 5.74) is 6.53. The third kappa shape index (κ3) is 2.80. The Labute approximate surface area is 148 Å². The highest BCUT2D eigenvalue weighted by molar-refractivity contribution is 6.04. The van der Waals surface area contributed by atoms with E-state index in [4.69, 9.17) is 5.73 Å². The Morgan fingerprint density at radius 1 is 1.12 bits per heavy atom. The molecule has 24 heavy (non-hydrogen) atoms. The zero-order valence-corrected chi connectivity index (χ0v) is 14.4. The number of carbonyl (C=O) groups is 2. The van der Waals surface area contributed by atoms with E-state index in [9.17, 15) is 9.59 Å². The van der Waals surface area contributed by atoms with Gasteiger partial charge >= 0.3 is 0 Å². The Balaban J connectivity index is 0.00000169. The number of benzene rings is 1. The van der Waals surface area contributed by atoms with Crippen LogP contribution in [0.15, 0.2) is 24.3 Å². The van der Waals surface area contributed by atoms with Crippen LogP contribution in [0.2, 0.25) is 0 Å². The van der Waals surface area contributed by atoms with E-state index in [1.54, 1.807) is 18.2 Å². The van der Waals surface area contributed by atoms with Crippen molar-refractivity contribution in [2.45, 2.75) is 19.3 Å². The van der Waals surface area contributed by atoms with E-state index in [2.05, 4.69) is 10.6 Å². The van der Waals surface area contributed by atoms with Crippen molar-refractivity contribution in [3.05, 3.63) is 29.8 Å². The highest BCUT2D eigenvalue weighted by Crippen LogP contribution is 2.69. The fraction of sp³-hybridized carbons (Fsp3) is 0.556. The van der Waals surface area contributed by atoms with Gasteiger partial charge in [-0.2, -0.15) is 0 Å². The Morgan fingerprint density at radius 3 is 2.46 bits per heavy atom. The quantitative estimate of drug-likeness (QED) is 0.760. The van der Waals surface area contributed by atoms with Gasteiger partial charge in [0.2, 0.25) is 5.91 Å². The lowest BCUT2D eigenvalue weighted by molar-refractivity contribution is -0.118. The average Bonchev–Trinajstić information content (AvgIpc) is 3.01. The highest BCUT2D eigenvalue weighted by Gasteiger charge is 2.67. The number of hydrogen-bond donors (Lipinski definition) is 3. The third-order valence-electron chi connectivity index (χ3n) is 5.90. The van der Waals surface area contributed by atoms with E-state index in [0.29, 0.717) is 36.2 Å². The zero-order valence-electron chi connectivity index (χ0n) is 13.5. The van der Waals surface area contributed by atoms with Gasteiger partial charge in [-0.05, 0) is 55.1 Å². The first kappa shape index (κ1) is 17.2. The molecule has 4 N–H and O–H groups in total. The average molecular weight is 350 g/mol. The lowest BCUT2D eigenvalue weighted by Crippen LogP contribution is -2.30. The minimum Gasteiger partial charge on any atom is -0.351 e. The molecule has 4 unspecified atom stereocenters. The maximum Gasteiger partial charge on any atom is 0.253 e. The number of carbonyl (C=O) groups excluding carboxylic acids is 2. The zero-order chi connectivity index (χ0) is 16.0. The van der Waals surface area contributed by atoms with Crippen molar-refractivity contribution in [1.29, 1.82) is 0 Å². The van der Waals surface area contributed by atoms with Gasteiger partial charge in [-0.1, -0.05) is 12.1 Å². The molecule has 0 aliphatic heterocycles. The Bertz CT molecular complexity index is 635. The third-order valence-corrected chi connectivity index (χ3v) is 5.90. The van der Waals surface area contributed by atoms with Crippen LogP contribution in [0.4, 0.5) is 5.69 Å². The predicted octanol–water partition coefficient (Wildman–Crippen LogP) is 2.03. The molecular weight excluding hydrogens is 326 g/mol. The summed E-state index contributed by atoms with van der Waals surface area (Å²) in [7, 11) is 0. The largest absolute Gasteiger partial charge is 0.351 e. The number of para-hydroxylation sites is 1. The Kier molecular flexibility index (Phi) is 4.83. The molecule has 0 saturated heterocycles. The van der Waals surface area contributed by atoms with Crippen molar-refractivity contribution in [1.82, 2.24) is 5.32 Å². The van der Waals surface area contributed by atoms with Crippen molar-refractivity contribution in [2.75, 3.05) is 18.4 Å². The predicted molar refractivity (Wildman–Crippen MR) is 95.0 cm³/mol. The molecule has 1 aromatic carbocycles. The maximum atomic E-state index is 12.6. The summed E-state index contributed by atoms with van der Waals surface area (Å²) in [6, 6.07) is 7.17. The number of fused-ring (bicyclic) bond motifs is 5. The van der Waals surface area contributed by atoms with Crippen LogP contribution in [-0.2, 0) is 4.79 Å². The van der Waals surface area contributed by atoms with Crippen LogP contribution < -0.4 is 16.4 Å². The first-order valence-electron chi connectivity index (χ1n) is 8.59. The van der Waals surface area contributed by atoms with Crippen LogP contribution in [0, 0.1) is 29.6 Å². The molecule has 4 atom stereocenters. The fourth-order valence-electron chi connectivity index (χ4n) is 4.96. The summed E-state index contributed by atoms with van der Waals surface area (Å²) in [5, 5.41) is 5.75. The molecule has 6 heteroatoms. The number of anilines is 1. The molecule has 1 aromatic rings. The van der Waals surface area contributed by atoms with Gasteiger partial charge in [0, 0.05) is 19.0 Å². The summed E-state index contributed by atoms with van der Waals surface area (Å²) in [6.07, 6.45) is 3.93. The van der Waals surface area contributed by atoms with Gasteiger partial charge in [0.15, 0.2) is 0 Å². The molecular formula is C18H24ClN3O2. The van der Waals surface area contributed by atoms with Crippen LogP contribution in [0.1, 0.15) is 29.6 Å². The molecule has 2 amide bonds. The van der Waals surface area contributed by atoms with E-state index in [0.717, 1.165) is 11.8 Å². The van der Waals surface area contributed by atoms with Gasteiger partial charge in [-0.25, -0.2) is 0 Å². The maximum absolute atomic E-state index is 12.6. The van der Waals surface area contributed by atoms with E-state index >= 15 is 0 Å². The summed E-state index contributed by atoms with van der Waals surface area (Å²) in [5.74, 6) is 2.81. The molecule has 2 bridgehead atoms. The summed E-state index contributed by atoms with van der Waals surface area (Å²) in [4.78, 5) is 24.8. The summed E-state index contributed by atoms with van der Waals surface area (Å²) in [6.45, 7) is 0.825. The highest BCUT2D eigenvalue weighted by atomic mass is 35.5. The minimum absolute atomic E-state index is 0. The lowest BCUT2D eigenvalue weighted by Gasteiger charge is -2.13. The molecule has 0 heterocycles. The smallest absolute Gasteiger partial charge is 0.253 e. The number of nitrogens with one attached hydrogen (secondary N) is 2. The van der Waals surface area contributed by atoms with E-state index in [-0.39, 0.29) is 30.1 Å². The molecule has 3 aliphatic rings. The normalized spacial score (nSPS) is 31.8. The van der Waals surface area contributed by atoms with Crippen molar-refractivity contribution in [3.8, 4) is 0 Å². The number of hydrogen-bond acceptors (Lipinski definition) is 3. The first-order chi connectivity index (χ1) is 11.2. The molecule has 130 valence electrons. The van der Waals surface area contributed by atoms with Crippen LogP contribution in [0.5, 0.6) is 0 Å². The number of rotatable bonds is 5. The van der Waals surface area contributed by atoms with Gasteiger partial charge in [-0.15, -0.1) is 12.4 Å². The second-order valence-electron chi connectivity index (χ2n) is 7.09. The first-order valence-corrected chi connectivity index (χ1v) is 8.59. The summed E-state index contributed by atoms with van der Waals surface area (Å²) >= 11 is 0. The standard InChI is InChI=1S/C18H23N3O2.ClH/c19-7-8-20-17(22)12-3-1-2-4-13(12)21-18(23)16-14-10-5-6-11(9-10)15(14)16;/h1-4,10-11,14-16H,5-9,19H2,(H,20,22)(H,21,23);1H. The Hall–Kier alpha value is -1.59. The fourth-order valence-corrected chi connectivity index (χ4v) is 4.96. The number of halogens is 1. The van der Waals surface area contributed by atoms with Gasteiger partial charge in [0.1, 0.15) is 0 Å². The van der Waals surface area contributed by atoms with Gasteiger partial charge in [0.05, 0.1) is 11.3 Å². The number of amides is 2. The van der Waals surface area contributed by atoms with Crippen LogP contribution >= 0.6 is 12.4 Å². The minimum atomic E-state index is -0.192. The van der Waals surface area contributed by atoms with E-state index in [1.165, 1.54) is 19.3 Å². The number of nitrogens with two attached hydrogens (primary N) is 1. The van der Waals surface area contributed by atoms with Gasteiger partial charge in [-0.3, -0.25) is 9.59 Å². The molecule has 0 aromatic heterocycles. The molecule has 0 radical (unpaired) electrons. The molecule has 3 fully saturated rings. The van der Waals surface area contributed by atoms with Crippen LogP contribution in [-0.4, -0.2) is 24.9 Å². The van der Waals surface area contributed by atoms with Crippen molar-refractivity contribution in [2.24, 2.45) is 35.3 Å². The van der Waals surface area contributed by atoms with Crippen LogP contribution in [0.25, 0.3) is 0 Å². The van der Waals surface area contributed by atoms with Crippen molar-refractivity contribution < 1.29 is 9.59 Å². The van der Waals surface area contributed by atoms with E-state index < -0.39 is 0 Å². The molecule has 5 nitrogen and oxygen atoms in total. The SMILES string of the molecule is Cl.NCCNC(=O)c1ccccc1NC(=O)C1C2C3CCC(C3)C12. The van der Waals surface area contributed by atoms with Gasteiger partial charge in [0.25, 0.3) is 5.91 Å². The molecule has 3 aliphatic carbocycles. The Morgan fingerprint density at radius 2 is 1.79 bits per heavy atom. The van der Waals surface area contributed by atoms with Crippen molar-refractivity contribution in [3.63, 3.8) is 0 Å². The lowest BCUT2D eigenvalue weighted by atomic mass is 10.0. The van der Waals surface area contributed by atoms with Crippen molar-refractivity contribution >= 4 is 29.9 Å². The monoisotopic (exact) mass is 349 g/mol. The molecule has 3 saturated carbocycles.